The molecule has 4 heteroatoms. The lowest BCUT2D eigenvalue weighted by atomic mass is 9.70. The molecule has 0 aromatic carbocycles. The average Bonchev–Trinajstić information content (AvgIpc) is 2.76. The van der Waals surface area contributed by atoms with E-state index in [2.05, 4.69) is 25.8 Å². The Bertz CT molecular complexity index is 544. The molecule has 1 heterocycles. The van der Waals surface area contributed by atoms with Gasteiger partial charge in [-0.2, -0.15) is 4.98 Å². The lowest BCUT2D eigenvalue weighted by Crippen LogP contribution is -2.39. The molecule has 0 aliphatic heterocycles. The molecule has 1 aromatic heterocycles. The molecule has 0 amide bonds. The maximum Gasteiger partial charge on any atom is 0.240 e. The molecule has 3 unspecified atom stereocenters. The van der Waals surface area contributed by atoms with Crippen LogP contribution in [0, 0.1) is 16.7 Å². The minimum atomic E-state index is 0.229. The van der Waals surface area contributed by atoms with Crippen molar-refractivity contribution in [3.8, 4) is 11.8 Å². The van der Waals surface area contributed by atoms with Gasteiger partial charge in [-0.15, -0.1) is 0 Å². The second-order valence-corrected chi connectivity index (χ2v) is 7.19. The van der Waals surface area contributed by atoms with Gasteiger partial charge in [0.1, 0.15) is 6.10 Å². The third kappa shape index (κ3) is 2.07. The van der Waals surface area contributed by atoms with Crippen molar-refractivity contribution in [3.63, 3.8) is 0 Å². The van der Waals surface area contributed by atoms with Gasteiger partial charge in [-0.1, -0.05) is 20.8 Å². The molecule has 3 rings (SSSR count). The Morgan fingerprint density at radius 2 is 2.10 bits per heavy atom. The van der Waals surface area contributed by atoms with Crippen LogP contribution in [0.3, 0.4) is 0 Å². The van der Waals surface area contributed by atoms with Crippen LogP contribution in [0.15, 0.2) is 12.1 Å². The number of hydrogen-bond acceptors (Lipinski definition) is 4. The van der Waals surface area contributed by atoms with E-state index in [1.807, 2.05) is 19.1 Å². The van der Waals surface area contributed by atoms with E-state index in [1.165, 1.54) is 12.8 Å². The van der Waals surface area contributed by atoms with Gasteiger partial charge >= 0.3 is 0 Å². The van der Waals surface area contributed by atoms with Crippen molar-refractivity contribution in [1.82, 2.24) is 4.98 Å². The Morgan fingerprint density at radius 1 is 1.33 bits per heavy atom. The summed E-state index contributed by atoms with van der Waals surface area (Å²) >= 11 is 0. The van der Waals surface area contributed by atoms with Gasteiger partial charge in [0.25, 0.3) is 0 Å². The van der Waals surface area contributed by atoms with E-state index in [9.17, 15) is 0 Å². The summed E-state index contributed by atoms with van der Waals surface area (Å²) in [7, 11) is 0. The molecule has 0 radical (unpaired) electrons. The predicted octanol–water partition coefficient (Wildman–Crippen LogP) is 3.66. The minimum Gasteiger partial charge on any atom is -0.476 e. The third-order valence-corrected chi connectivity index (χ3v) is 6.12. The normalized spacial score (nSPS) is 33.1. The predicted molar refractivity (Wildman–Crippen MR) is 83.5 cm³/mol. The Kier molecular flexibility index (Phi) is 3.30. The number of anilines is 1. The molecule has 0 saturated heterocycles. The van der Waals surface area contributed by atoms with Crippen molar-refractivity contribution in [2.75, 3.05) is 12.3 Å². The van der Waals surface area contributed by atoms with Gasteiger partial charge in [0, 0.05) is 11.5 Å². The summed E-state index contributed by atoms with van der Waals surface area (Å²) in [5, 5.41) is 0. The Balaban J connectivity index is 1.81. The van der Waals surface area contributed by atoms with E-state index in [1.54, 1.807) is 0 Å². The molecular weight excluding hydrogens is 264 g/mol. The van der Waals surface area contributed by atoms with E-state index >= 15 is 0 Å². The summed E-state index contributed by atoms with van der Waals surface area (Å²) in [4.78, 5) is 4.42. The molecule has 2 fully saturated rings. The zero-order valence-electron chi connectivity index (χ0n) is 13.5. The quantitative estimate of drug-likeness (QED) is 0.919. The van der Waals surface area contributed by atoms with E-state index in [-0.39, 0.29) is 11.5 Å². The molecule has 2 bridgehead atoms. The van der Waals surface area contributed by atoms with Gasteiger partial charge < -0.3 is 15.2 Å². The van der Waals surface area contributed by atoms with Crippen LogP contribution >= 0.6 is 0 Å². The van der Waals surface area contributed by atoms with E-state index in [4.69, 9.17) is 15.2 Å². The van der Waals surface area contributed by atoms with E-state index in [0.717, 1.165) is 12.3 Å². The number of rotatable bonds is 4. The van der Waals surface area contributed by atoms with Gasteiger partial charge in [-0.3, -0.25) is 0 Å². The van der Waals surface area contributed by atoms with E-state index < -0.39 is 0 Å². The second-order valence-electron chi connectivity index (χ2n) is 7.19. The molecule has 21 heavy (non-hydrogen) atoms. The summed E-state index contributed by atoms with van der Waals surface area (Å²) in [6, 6.07) is 3.66. The Hall–Kier alpha value is -1.45. The highest BCUT2D eigenvalue weighted by atomic mass is 16.5. The molecule has 116 valence electrons. The zero-order chi connectivity index (χ0) is 15.3. The number of hydrogen-bond donors (Lipinski definition) is 1. The van der Waals surface area contributed by atoms with Crippen LogP contribution in [0.1, 0.15) is 47.0 Å². The van der Waals surface area contributed by atoms with Crippen LogP contribution in [0.2, 0.25) is 0 Å². The van der Waals surface area contributed by atoms with Crippen LogP contribution in [0.4, 0.5) is 5.69 Å². The van der Waals surface area contributed by atoms with E-state index in [0.29, 0.717) is 29.5 Å². The summed E-state index contributed by atoms with van der Waals surface area (Å²) in [6.45, 7) is 9.61. The number of pyridine rings is 1. The number of aromatic nitrogens is 1. The first-order valence-corrected chi connectivity index (χ1v) is 7.94. The molecule has 2 aliphatic rings. The number of nitrogens with two attached hydrogens (primary N) is 1. The number of ether oxygens (including phenoxy) is 2. The molecule has 4 nitrogen and oxygen atoms in total. The maximum atomic E-state index is 6.24. The lowest BCUT2D eigenvalue weighted by molar-refractivity contribution is 0.0269. The first-order valence-electron chi connectivity index (χ1n) is 7.94. The average molecular weight is 290 g/mol. The topological polar surface area (TPSA) is 57.4 Å². The number of fused-ring (bicyclic) bond motifs is 2. The van der Waals surface area contributed by atoms with Gasteiger partial charge in [0.15, 0.2) is 0 Å². The molecular formula is C17H26N2O2. The highest BCUT2D eigenvalue weighted by molar-refractivity contribution is 5.49. The first kappa shape index (κ1) is 14.5. The highest BCUT2D eigenvalue weighted by Crippen LogP contribution is 2.66. The monoisotopic (exact) mass is 290 g/mol. The molecule has 0 spiro atoms. The Labute approximate surface area is 127 Å². The van der Waals surface area contributed by atoms with Crippen molar-refractivity contribution >= 4 is 5.69 Å². The largest absolute Gasteiger partial charge is 0.476 e. The number of nitrogen functional groups attached to an aromatic ring is 1. The number of nitrogens with zero attached hydrogens (tertiary/aromatic N) is 1. The van der Waals surface area contributed by atoms with Crippen LogP contribution in [-0.2, 0) is 0 Å². The van der Waals surface area contributed by atoms with Crippen LogP contribution in [-0.4, -0.2) is 17.7 Å². The fourth-order valence-electron chi connectivity index (χ4n) is 4.21. The van der Waals surface area contributed by atoms with Crippen molar-refractivity contribution in [2.24, 2.45) is 16.7 Å². The molecule has 2 saturated carbocycles. The summed E-state index contributed by atoms with van der Waals surface area (Å²) in [6.07, 6.45) is 3.92. The van der Waals surface area contributed by atoms with Crippen molar-refractivity contribution < 1.29 is 9.47 Å². The van der Waals surface area contributed by atoms with Gasteiger partial charge in [0.2, 0.25) is 11.8 Å². The maximum absolute atomic E-state index is 6.24. The van der Waals surface area contributed by atoms with Crippen LogP contribution in [0.5, 0.6) is 11.8 Å². The van der Waals surface area contributed by atoms with Crippen LogP contribution in [0.25, 0.3) is 0 Å². The summed E-state index contributed by atoms with van der Waals surface area (Å²) in [5.41, 5.74) is 7.00. The standard InChI is InChI=1S/C17H26N2O2/c1-5-20-15-12(18)6-7-14(19-15)21-13-10-11-8-9-17(13,4)16(11,2)3/h6-7,11,13H,5,8-10,18H2,1-4H3. The summed E-state index contributed by atoms with van der Waals surface area (Å²) in [5.74, 6) is 1.86. The van der Waals surface area contributed by atoms with Gasteiger partial charge in [-0.05, 0) is 43.6 Å². The van der Waals surface area contributed by atoms with Crippen molar-refractivity contribution in [1.29, 1.82) is 0 Å². The molecule has 3 atom stereocenters. The second kappa shape index (κ2) is 4.79. The van der Waals surface area contributed by atoms with Gasteiger partial charge in [-0.25, -0.2) is 0 Å². The minimum absolute atomic E-state index is 0.229. The highest BCUT2D eigenvalue weighted by Gasteiger charge is 2.62. The fourth-order valence-corrected chi connectivity index (χ4v) is 4.21. The van der Waals surface area contributed by atoms with Crippen molar-refractivity contribution in [2.45, 2.75) is 53.1 Å². The van der Waals surface area contributed by atoms with Crippen molar-refractivity contribution in [3.05, 3.63) is 12.1 Å². The third-order valence-electron chi connectivity index (χ3n) is 6.12. The molecule has 2 aliphatic carbocycles. The van der Waals surface area contributed by atoms with Crippen LogP contribution < -0.4 is 15.2 Å². The van der Waals surface area contributed by atoms with Gasteiger partial charge in [0.05, 0.1) is 12.3 Å². The lowest BCUT2D eigenvalue weighted by Gasteiger charge is -2.38. The molecule has 2 N–H and O–H groups in total. The summed E-state index contributed by atoms with van der Waals surface area (Å²) < 4.78 is 11.7. The zero-order valence-corrected chi connectivity index (χ0v) is 13.5. The Morgan fingerprint density at radius 3 is 2.67 bits per heavy atom. The molecule has 1 aromatic rings. The smallest absolute Gasteiger partial charge is 0.240 e. The first-order chi connectivity index (χ1) is 9.88. The SMILES string of the molecule is CCOc1nc(OC2CC3CCC2(C)C3(C)C)ccc1N. The fraction of sp³-hybridized carbons (Fsp3) is 0.706.